The number of aromatic nitrogens is 1. The third-order valence-corrected chi connectivity index (χ3v) is 3.55. The zero-order valence-corrected chi connectivity index (χ0v) is 10.3. The molecule has 2 rings (SSSR count). The quantitative estimate of drug-likeness (QED) is 0.595. The van der Waals surface area contributed by atoms with Gasteiger partial charge in [0.25, 0.3) is 5.91 Å². The van der Waals surface area contributed by atoms with Crippen molar-refractivity contribution in [3.63, 3.8) is 0 Å². The van der Waals surface area contributed by atoms with Gasteiger partial charge in [-0.15, -0.1) is 0 Å². The molecule has 1 fully saturated rings. The number of hydrogen-bond acceptors (Lipinski definition) is 4. The summed E-state index contributed by atoms with van der Waals surface area (Å²) in [6.07, 6.45) is 5.25. The Morgan fingerprint density at radius 2 is 2.44 bits per heavy atom. The maximum atomic E-state index is 11.9. The third kappa shape index (κ3) is 2.15. The Morgan fingerprint density at radius 3 is 3.00 bits per heavy atom. The smallest absolute Gasteiger partial charge is 0.266 e. The molecular weight excluding hydrogens is 240 g/mol. The first kappa shape index (κ1) is 11.3. The molecule has 0 N–H and O–H groups in total. The number of amides is 1. The van der Waals surface area contributed by atoms with Crippen LogP contribution in [0.3, 0.4) is 0 Å². The van der Waals surface area contributed by atoms with Gasteiger partial charge in [0, 0.05) is 18.9 Å². The van der Waals surface area contributed by atoms with E-state index >= 15 is 0 Å². The van der Waals surface area contributed by atoms with Crippen LogP contribution >= 0.6 is 24.0 Å². The van der Waals surface area contributed by atoms with Crippen molar-refractivity contribution in [2.75, 3.05) is 6.54 Å². The van der Waals surface area contributed by atoms with Gasteiger partial charge >= 0.3 is 0 Å². The van der Waals surface area contributed by atoms with Gasteiger partial charge in [0.05, 0.1) is 4.91 Å². The number of pyridine rings is 1. The third-order valence-electron chi connectivity index (χ3n) is 2.17. The zero-order chi connectivity index (χ0) is 11.5. The Hall–Kier alpha value is -1.20. The summed E-state index contributed by atoms with van der Waals surface area (Å²) in [5.74, 6) is -0.0126. The minimum Gasteiger partial charge on any atom is -0.293 e. The lowest BCUT2D eigenvalue weighted by atomic mass is 10.2. The Balaban J connectivity index is 2.27. The fraction of sp³-hybridized carbons (Fsp3) is 0.182. The molecule has 1 aromatic rings. The Kier molecular flexibility index (Phi) is 3.36. The van der Waals surface area contributed by atoms with Crippen LogP contribution in [0.25, 0.3) is 6.08 Å². The first-order valence-electron chi connectivity index (χ1n) is 4.87. The molecule has 0 radical (unpaired) electrons. The molecule has 0 unspecified atom stereocenters. The van der Waals surface area contributed by atoms with E-state index < -0.39 is 0 Å². The highest BCUT2D eigenvalue weighted by molar-refractivity contribution is 8.26. The van der Waals surface area contributed by atoms with Gasteiger partial charge in [-0.3, -0.25) is 14.7 Å². The molecule has 82 valence electrons. The van der Waals surface area contributed by atoms with Crippen molar-refractivity contribution >= 4 is 40.3 Å². The van der Waals surface area contributed by atoms with E-state index in [-0.39, 0.29) is 5.91 Å². The van der Waals surface area contributed by atoms with Gasteiger partial charge in [-0.1, -0.05) is 30.0 Å². The van der Waals surface area contributed by atoms with E-state index in [0.29, 0.717) is 15.8 Å². The molecule has 2 heterocycles. The van der Waals surface area contributed by atoms with E-state index in [1.807, 2.05) is 25.1 Å². The topological polar surface area (TPSA) is 33.2 Å². The molecule has 1 amide bonds. The normalized spacial score (nSPS) is 18.6. The molecule has 1 aromatic heterocycles. The summed E-state index contributed by atoms with van der Waals surface area (Å²) in [5.41, 5.74) is 0.916. The minimum atomic E-state index is -0.0126. The molecule has 3 nitrogen and oxygen atoms in total. The number of nitrogens with zero attached hydrogens (tertiary/aromatic N) is 2. The van der Waals surface area contributed by atoms with Crippen LogP contribution in [-0.4, -0.2) is 26.7 Å². The Morgan fingerprint density at radius 1 is 1.62 bits per heavy atom. The van der Waals surface area contributed by atoms with Crippen LogP contribution in [-0.2, 0) is 4.79 Å². The fourth-order valence-electron chi connectivity index (χ4n) is 1.39. The highest BCUT2D eigenvalue weighted by atomic mass is 32.2. The van der Waals surface area contributed by atoms with Gasteiger partial charge in [-0.2, -0.15) is 0 Å². The SMILES string of the molecule is CCN1C(=O)/C(=C/c2cccnc2)SC1=S. The van der Waals surface area contributed by atoms with E-state index in [2.05, 4.69) is 4.98 Å². The summed E-state index contributed by atoms with van der Waals surface area (Å²) in [7, 11) is 0. The predicted octanol–water partition coefficient (Wildman–Crippen LogP) is 2.30. The average Bonchev–Trinajstić information content (AvgIpc) is 2.55. The summed E-state index contributed by atoms with van der Waals surface area (Å²) < 4.78 is 0.627. The highest BCUT2D eigenvalue weighted by Gasteiger charge is 2.30. The molecule has 0 bridgehead atoms. The second kappa shape index (κ2) is 4.76. The van der Waals surface area contributed by atoms with E-state index in [1.54, 1.807) is 17.3 Å². The molecule has 0 aromatic carbocycles. The highest BCUT2D eigenvalue weighted by Crippen LogP contribution is 2.31. The summed E-state index contributed by atoms with van der Waals surface area (Å²) in [5, 5.41) is 0. The monoisotopic (exact) mass is 250 g/mol. The van der Waals surface area contributed by atoms with Gasteiger partial charge in [0.2, 0.25) is 0 Å². The molecule has 1 saturated heterocycles. The molecule has 0 spiro atoms. The van der Waals surface area contributed by atoms with Crippen LogP contribution < -0.4 is 0 Å². The van der Waals surface area contributed by atoms with Gasteiger partial charge in [-0.25, -0.2) is 0 Å². The number of rotatable bonds is 2. The van der Waals surface area contributed by atoms with Crippen molar-refractivity contribution in [1.82, 2.24) is 9.88 Å². The van der Waals surface area contributed by atoms with E-state index in [0.717, 1.165) is 5.56 Å². The molecule has 0 aliphatic carbocycles. The van der Waals surface area contributed by atoms with Crippen LogP contribution in [0.1, 0.15) is 12.5 Å². The van der Waals surface area contributed by atoms with Crippen LogP contribution in [0.15, 0.2) is 29.4 Å². The lowest BCUT2D eigenvalue weighted by Gasteiger charge is -2.09. The molecule has 1 aliphatic rings. The van der Waals surface area contributed by atoms with Crippen LogP contribution in [0, 0.1) is 0 Å². The van der Waals surface area contributed by atoms with Gasteiger partial charge in [-0.05, 0) is 24.6 Å². The number of carbonyl (C=O) groups excluding carboxylic acids is 1. The maximum Gasteiger partial charge on any atom is 0.266 e. The number of thiocarbonyl (C=S) groups is 1. The van der Waals surface area contributed by atoms with Gasteiger partial charge in [0.1, 0.15) is 4.32 Å². The van der Waals surface area contributed by atoms with Crippen LogP contribution in [0.4, 0.5) is 0 Å². The summed E-state index contributed by atoms with van der Waals surface area (Å²) in [4.78, 5) is 18.1. The van der Waals surface area contributed by atoms with Gasteiger partial charge in [0.15, 0.2) is 0 Å². The van der Waals surface area contributed by atoms with E-state index in [9.17, 15) is 4.79 Å². The molecule has 1 aliphatic heterocycles. The molecule has 5 heteroatoms. The Labute approximate surface area is 104 Å². The lowest BCUT2D eigenvalue weighted by molar-refractivity contribution is -0.121. The van der Waals surface area contributed by atoms with E-state index in [1.165, 1.54) is 11.8 Å². The van der Waals surface area contributed by atoms with Crippen LogP contribution in [0.2, 0.25) is 0 Å². The second-order valence-electron chi connectivity index (χ2n) is 3.21. The molecule has 16 heavy (non-hydrogen) atoms. The predicted molar refractivity (Wildman–Crippen MR) is 69.8 cm³/mol. The average molecular weight is 250 g/mol. The Bertz CT molecular complexity index is 456. The number of hydrogen-bond donors (Lipinski definition) is 0. The van der Waals surface area contributed by atoms with Crippen LogP contribution in [0.5, 0.6) is 0 Å². The molecule has 0 atom stereocenters. The second-order valence-corrected chi connectivity index (χ2v) is 4.89. The summed E-state index contributed by atoms with van der Waals surface area (Å²) in [6.45, 7) is 2.53. The van der Waals surface area contributed by atoms with Crippen molar-refractivity contribution in [2.24, 2.45) is 0 Å². The molecular formula is C11H10N2OS2. The molecule has 0 saturated carbocycles. The minimum absolute atomic E-state index is 0.0126. The number of carbonyl (C=O) groups is 1. The standard InChI is InChI=1S/C11H10N2OS2/c1-2-13-10(14)9(16-11(13)15)6-8-4-3-5-12-7-8/h3-7H,2H2,1H3/b9-6-. The van der Waals surface area contributed by atoms with Crippen molar-refractivity contribution in [1.29, 1.82) is 0 Å². The van der Waals surface area contributed by atoms with Crippen molar-refractivity contribution in [3.05, 3.63) is 35.0 Å². The van der Waals surface area contributed by atoms with Gasteiger partial charge < -0.3 is 0 Å². The lowest BCUT2D eigenvalue weighted by Crippen LogP contribution is -2.27. The van der Waals surface area contributed by atoms with E-state index in [4.69, 9.17) is 12.2 Å². The fourth-order valence-corrected chi connectivity index (χ4v) is 2.77. The van der Waals surface area contributed by atoms with Crippen molar-refractivity contribution in [2.45, 2.75) is 6.92 Å². The summed E-state index contributed by atoms with van der Waals surface area (Å²) >= 11 is 6.46. The van der Waals surface area contributed by atoms with Crippen molar-refractivity contribution in [3.8, 4) is 0 Å². The maximum absolute atomic E-state index is 11.9. The largest absolute Gasteiger partial charge is 0.293 e. The first-order chi connectivity index (χ1) is 7.72. The first-order valence-corrected chi connectivity index (χ1v) is 6.10. The number of likely N-dealkylation sites (N-methyl/N-ethyl adjacent to an activating group) is 1. The zero-order valence-electron chi connectivity index (χ0n) is 8.71. The number of thioether (sulfide) groups is 1. The summed E-state index contributed by atoms with van der Waals surface area (Å²) in [6, 6.07) is 3.75. The van der Waals surface area contributed by atoms with Crippen molar-refractivity contribution < 1.29 is 4.79 Å².